The van der Waals surface area contributed by atoms with Crippen LogP contribution in [0.25, 0.3) is 88.5 Å². The van der Waals surface area contributed by atoms with E-state index < -0.39 is 0 Å². The van der Waals surface area contributed by atoms with Gasteiger partial charge in [-0.05, 0) is 80.9 Å². The van der Waals surface area contributed by atoms with Crippen LogP contribution >= 0.6 is 0 Å². The van der Waals surface area contributed by atoms with Gasteiger partial charge in [0.1, 0.15) is 0 Å². The first-order valence-corrected chi connectivity index (χ1v) is 17.5. The zero-order chi connectivity index (χ0) is 34.1. The predicted molar refractivity (Wildman–Crippen MR) is 212 cm³/mol. The molecule has 3 heteroatoms. The third-order valence-electron chi connectivity index (χ3n) is 10.7. The molecule has 1 aliphatic rings. The van der Waals surface area contributed by atoms with Gasteiger partial charge in [-0.1, -0.05) is 129 Å². The highest BCUT2D eigenvalue weighted by atomic mass is 14.7. The molecule has 0 saturated heterocycles. The fraction of sp³-hybridized carbons (Fsp3) is 0.0625. The van der Waals surface area contributed by atoms with Crippen LogP contribution in [0.1, 0.15) is 25.0 Å². The van der Waals surface area contributed by atoms with Gasteiger partial charge < -0.3 is 0 Å². The largest absolute Gasteiger partial charge is 0.256 e. The number of hydrogen-bond donors (Lipinski definition) is 0. The summed E-state index contributed by atoms with van der Waals surface area (Å²) in [5, 5.41) is 3.43. The maximum Gasteiger partial charge on any atom is 0.0780 e. The topological polar surface area (TPSA) is 38.7 Å². The summed E-state index contributed by atoms with van der Waals surface area (Å²) in [6.07, 6.45) is 3.76. The first-order valence-electron chi connectivity index (χ1n) is 17.5. The standard InChI is InChI=1S/C48H33N3/c1-48(2)41-19-5-3-15-39(41)47-44(48)43(40-16-4-6-20-42(40)51-47)31-23-21-30(22-24-31)34-27-35(37-17-7-11-32-13-9-25-49-45(32)37)29-36(28-34)38-18-8-12-33-14-10-26-50-46(33)38/h3-29H,1-2H3. The second-order valence-electron chi connectivity index (χ2n) is 14.0. The van der Waals surface area contributed by atoms with E-state index in [1.807, 2.05) is 24.5 Å². The zero-order valence-corrected chi connectivity index (χ0v) is 28.4. The van der Waals surface area contributed by atoms with Crippen LogP contribution < -0.4 is 0 Å². The Hall–Kier alpha value is -6.45. The Morgan fingerprint density at radius 2 is 1.00 bits per heavy atom. The number of hydrogen-bond acceptors (Lipinski definition) is 3. The van der Waals surface area contributed by atoms with Crippen LogP contribution in [0, 0.1) is 0 Å². The van der Waals surface area contributed by atoms with Gasteiger partial charge in [-0.3, -0.25) is 9.97 Å². The van der Waals surface area contributed by atoms with Crippen molar-refractivity contribution < 1.29 is 0 Å². The molecule has 1 aliphatic carbocycles. The summed E-state index contributed by atoms with van der Waals surface area (Å²) in [7, 11) is 0. The molecule has 0 amide bonds. The van der Waals surface area contributed by atoms with Gasteiger partial charge in [0.2, 0.25) is 0 Å². The molecule has 0 fully saturated rings. The molecule has 6 aromatic carbocycles. The fourth-order valence-corrected chi connectivity index (χ4v) is 8.29. The van der Waals surface area contributed by atoms with Crippen LogP contribution in [0.5, 0.6) is 0 Å². The molecule has 0 radical (unpaired) electrons. The van der Waals surface area contributed by atoms with Gasteiger partial charge in [0.15, 0.2) is 0 Å². The van der Waals surface area contributed by atoms with E-state index in [0.29, 0.717) is 0 Å². The smallest absolute Gasteiger partial charge is 0.0780 e. The van der Waals surface area contributed by atoms with E-state index >= 15 is 0 Å². The van der Waals surface area contributed by atoms with E-state index in [4.69, 9.17) is 15.0 Å². The lowest BCUT2D eigenvalue weighted by Gasteiger charge is -2.25. The van der Waals surface area contributed by atoms with Gasteiger partial charge >= 0.3 is 0 Å². The molecule has 0 N–H and O–H groups in total. The van der Waals surface area contributed by atoms with Crippen LogP contribution in [-0.4, -0.2) is 15.0 Å². The number of fused-ring (bicyclic) bond motifs is 6. The Kier molecular flexibility index (Phi) is 6.53. The Morgan fingerprint density at radius 1 is 0.451 bits per heavy atom. The highest BCUT2D eigenvalue weighted by Gasteiger charge is 2.39. The molecule has 3 aromatic heterocycles. The van der Waals surface area contributed by atoms with Crippen molar-refractivity contribution in [3.05, 3.63) is 175 Å². The van der Waals surface area contributed by atoms with E-state index in [0.717, 1.165) is 66.4 Å². The molecule has 240 valence electrons. The molecular formula is C48H33N3. The average Bonchev–Trinajstić information content (AvgIpc) is 3.42. The molecule has 0 unspecified atom stereocenters. The molecular weight excluding hydrogens is 619 g/mol. The predicted octanol–water partition coefficient (Wildman–Crippen LogP) is 12.3. The summed E-state index contributed by atoms with van der Waals surface area (Å²) in [4.78, 5) is 14.9. The molecule has 0 atom stereocenters. The molecule has 3 heterocycles. The number of nitrogens with zero attached hydrogens (tertiary/aromatic N) is 3. The van der Waals surface area contributed by atoms with E-state index in [9.17, 15) is 0 Å². The maximum atomic E-state index is 5.25. The third kappa shape index (κ3) is 4.62. The summed E-state index contributed by atoms with van der Waals surface area (Å²) < 4.78 is 0. The third-order valence-corrected chi connectivity index (χ3v) is 10.7. The van der Waals surface area contributed by atoms with Gasteiger partial charge in [0.25, 0.3) is 0 Å². The molecule has 10 rings (SSSR count). The van der Waals surface area contributed by atoms with Crippen LogP contribution in [0.2, 0.25) is 0 Å². The van der Waals surface area contributed by atoms with Crippen molar-refractivity contribution in [3.63, 3.8) is 0 Å². The minimum absolute atomic E-state index is 0.181. The van der Waals surface area contributed by atoms with E-state index in [2.05, 4.69) is 153 Å². The SMILES string of the molecule is CC1(C)c2ccccc2-c2nc3ccccc3c(-c3ccc(-c4cc(-c5cccc6cccnc56)cc(-c5cccc6cccnc56)c4)cc3)c21. The number of pyridine rings is 3. The maximum absolute atomic E-state index is 5.25. The Morgan fingerprint density at radius 3 is 1.69 bits per heavy atom. The lowest BCUT2D eigenvalue weighted by molar-refractivity contribution is 0.662. The number of benzene rings is 6. The highest BCUT2D eigenvalue weighted by Crippen LogP contribution is 2.53. The molecule has 3 nitrogen and oxygen atoms in total. The Bertz CT molecular complexity index is 2720. The number of rotatable bonds is 4. The lowest BCUT2D eigenvalue weighted by atomic mass is 9.78. The van der Waals surface area contributed by atoms with Crippen LogP contribution in [0.15, 0.2) is 164 Å². The van der Waals surface area contributed by atoms with Crippen LogP contribution in [0.4, 0.5) is 0 Å². The van der Waals surface area contributed by atoms with E-state index in [-0.39, 0.29) is 5.41 Å². The van der Waals surface area contributed by atoms with Gasteiger partial charge in [-0.25, -0.2) is 4.98 Å². The van der Waals surface area contributed by atoms with E-state index in [1.54, 1.807) is 0 Å². The summed E-state index contributed by atoms with van der Waals surface area (Å²) >= 11 is 0. The highest BCUT2D eigenvalue weighted by molar-refractivity contribution is 6.03. The summed E-state index contributed by atoms with van der Waals surface area (Å²) in [6.45, 7) is 4.67. The molecule has 0 bridgehead atoms. The number of aromatic nitrogens is 3. The molecule has 0 aliphatic heterocycles. The van der Waals surface area contributed by atoms with E-state index in [1.165, 1.54) is 33.2 Å². The van der Waals surface area contributed by atoms with Crippen molar-refractivity contribution in [1.82, 2.24) is 15.0 Å². The van der Waals surface area contributed by atoms with Crippen molar-refractivity contribution >= 4 is 32.7 Å². The molecule has 0 spiro atoms. The van der Waals surface area contributed by atoms with Crippen molar-refractivity contribution in [3.8, 4) is 55.8 Å². The quantitative estimate of drug-likeness (QED) is 0.190. The Balaban J connectivity index is 1.17. The lowest BCUT2D eigenvalue weighted by Crippen LogP contribution is -2.16. The Labute approximate surface area is 297 Å². The second kappa shape index (κ2) is 11.3. The first-order chi connectivity index (χ1) is 25.0. The monoisotopic (exact) mass is 651 g/mol. The van der Waals surface area contributed by atoms with Gasteiger partial charge in [-0.2, -0.15) is 0 Å². The molecule has 9 aromatic rings. The first kappa shape index (κ1) is 29.5. The van der Waals surface area contributed by atoms with Crippen molar-refractivity contribution in [2.45, 2.75) is 19.3 Å². The molecule has 51 heavy (non-hydrogen) atoms. The normalized spacial score (nSPS) is 13.1. The average molecular weight is 652 g/mol. The summed E-state index contributed by atoms with van der Waals surface area (Å²) in [6, 6.07) is 54.5. The fourth-order valence-electron chi connectivity index (χ4n) is 8.29. The van der Waals surface area contributed by atoms with Gasteiger partial charge in [0, 0.05) is 50.7 Å². The summed E-state index contributed by atoms with van der Waals surface area (Å²) in [5.74, 6) is 0. The van der Waals surface area contributed by atoms with Crippen molar-refractivity contribution in [2.24, 2.45) is 0 Å². The molecule has 0 saturated carbocycles. The van der Waals surface area contributed by atoms with Crippen LogP contribution in [0.3, 0.4) is 0 Å². The minimum Gasteiger partial charge on any atom is -0.256 e. The zero-order valence-electron chi connectivity index (χ0n) is 28.4. The number of para-hydroxylation sites is 3. The van der Waals surface area contributed by atoms with Gasteiger partial charge in [0.05, 0.1) is 22.2 Å². The van der Waals surface area contributed by atoms with Crippen molar-refractivity contribution in [1.29, 1.82) is 0 Å². The second-order valence-corrected chi connectivity index (χ2v) is 14.0. The summed E-state index contributed by atoms with van der Waals surface area (Å²) in [5.41, 5.74) is 17.0. The minimum atomic E-state index is -0.181. The van der Waals surface area contributed by atoms with Gasteiger partial charge in [-0.15, -0.1) is 0 Å². The van der Waals surface area contributed by atoms with Crippen molar-refractivity contribution in [2.75, 3.05) is 0 Å². The van der Waals surface area contributed by atoms with Crippen LogP contribution in [-0.2, 0) is 5.41 Å².